The summed E-state index contributed by atoms with van der Waals surface area (Å²) in [5, 5.41) is 8.79. The number of hydrogen-bond donors (Lipinski definition) is 1. The summed E-state index contributed by atoms with van der Waals surface area (Å²) in [6.45, 7) is 11.4. The van der Waals surface area contributed by atoms with Crippen molar-refractivity contribution in [3.8, 4) is 0 Å². The lowest BCUT2D eigenvalue weighted by Gasteiger charge is -2.02. The Morgan fingerprint density at radius 3 is 1.54 bits per heavy atom. The molecule has 0 saturated carbocycles. The van der Waals surface area contributed by atoms with Crippen molar-refractivity contribution < 1.29 is 5.11 Å². The molecule has 0 amide bonds. The summed E-state index contributed by atoms with van der Waals surface area (Å²) in [6.07, 6.45) is 19.6. The van der Waals surface area contributed by atoms with Crippen molar-refractivity contribution in [3.05, 3.63) is 46.6 Å². The van der Waals surface area contributed by atoms with Crippen LogP contribution in [0, 0.1) is 0 Å². The third kappa shape index (κ3) is 15.8. The largest absolute Gasteiger partial charge is 0.396 e. The summed E-state index contributed by atoms with van der Waals surface area (Å²) >= 11 is 0. The summed E-state index contributed by atoms with van der Waals surface area (Å²) in [5.41, 5.74) is 5.90. The Kier molecular flexibility index (Phi) is 14.8. The molecule has 1 N–H and O–H groups in total. The molecule has 0 fully saturated rings. The zero-order valence-corrected chi connectivity index (χ0v) is 16.8. The van der Waals surface area contributed by atoms with Crippen LogP contribution in [0.1, 0.15) is 92.4 Å². The standard InChI is InChI=1S/C23H40O/c1-20(2)12-10-16-23(5)18-11-17-22(4)14-7-6-13-21(3)15-8-9-19-24/h12-14,18,24H,6-11,15-17,19H2,1-5H3. The van der Waals surface area contributed by atoms with Gasteiger partial charge in [0.25, 0.3) is 0 Å². The number of hydrogen-bond acceptors (Lipinski definition) is 1. The van der Waals surface area contributed by atoms with Crippen LogP contribution in [0.4, 0.5) is 0 Å². The van der Waals surface area contributed by atoms with Crippen molar-refractivity contribution in [3.63, 3.8) is 0 Å². The van der Waals surface area contributed by atoms with Crippen LogP contribution in [0.2, 0.25) is 0 Å². The molecular weight excluding hydrogens is 292 g/mol. The van der Waals surface area contributed by atoms with Crippen molar-refractivity contribution in [1.29, 1.82) is 0 Å². The molecule has 0 radical (unpaired) electrons. The quantitative estimate of drug-likeness (QED) is 0.277. The third-order valence-electron chi connectivity index (χ3n) is 4.25. The first-order chi connectivity index (χ1) is 11.5. The molecule has 24 heavy (non-hydrogen) atoms. The zero-order valence-electron chi connectivity index (χ0n) is 16.8. The lowest BCUT2D eigenvalue weighted by molar-refractivity contribution is 0.284. The fourth-order valence-corrected chi connectivity index (χ4v) is 2.62. The molecule has 0 unspecified atom stereocenters. The van der Waals surface area contributed by atoms with Gasteiger partial charge in [-0.25, -0.2) is 0 Å². The second-order valence-electron chi connectivity index (χ2n) is 7.27. The summed E-state index contributed by atoms with van der Waals surface area (Å²) < 4.78 is 0. The molecule has 0 aromatic heterocycles. The summed E-state index contributed by atoms with van der Waals surface area (Å²) in [7, 11) is 0. The van der Waals surface area contributed by atoms with E-state index >= 15 is 0 Å². The molecule has 0 bridgehead atoms. The van der Waals surface area contributed by atoms with Gasteiger partial charge < -0.3 is 5.11 Å². The average Bonchev–Trinajstić information content (AvgIpc) is 2.51. The Hall–Kier alpha value is -1.08. The van der Waals surface area contributed by atoms with E-state index in [1.54, 1.807) is 0 Å². The Bertz CT molecular complexity index is 431. The van der Waals surface area contributed by atoms with Crippen LogP contribution in [0.15, 0.2) is 46.6 Å². The van der Waals surface area contributed by atoms with Gasteiger partial charge in [-0.3, -0.25) is 0 Å². The van der Waals surface area contributed by atoms with Gasteiger partial charge in [-0.1, -0.05) is 46.6 Å². The SMILES string of the molecule is CC(C)=CCCC(C)=CCCC(C)=CCCC=C(C)CCCCO. The van der Waals surface area contributed by atoms with Crippen molar-refractivity contribution in [2.24, 2.45) is 0 Å². The van der Waals surface area contributed by atoms with Crippen molar-refractivity contribution in [1.82, 2.24) is 0 Å². The monoisotopic (exact) mass is 332 g/mol. The van der Waals surface area contributed by atoms with E-state index in [4.69, 9.17) is 5.11 Å². The Balaban J connectivity index is 3.90. The predicted molar refractivity (Wildman–Crippen MR) is 109 cm³/mol. The predicted octanol–water partition coefficient (Wildman–Crippen LogP) is 7.29. The molecule has 1 heteroatoms. The summed E-state index contributed by atoms with van der Waals surface area (Å²) in [4.78, 5) is 0. The van der Waals surface area contributed by atoms with Gasteiger partial charge in [-0.05, 0) is 92.4 Å². The van der Waals surface area contributed by atoms with Gasteiger partial charge in [0.1, 0.15) is 0 Å². The molecule has 0 heterocycles. The number of aliphatic hydroxyl groups is 1. The first-order valence-electron chi connectivity index (χ1n) is 9.66. The number of unbranched alkanes of at least 4 members (excludes halogenated alkanes) is 2. The van der Waals surface area contributed by atoms with Crippen LogP contribution >= 0.6 is 0 Å². The van der Waals surface area contributed by atoms with Crippen molar-refractivity contribution in [2.45, 2.75) is 92.4 Å². The lowest BCUT2D eigenvalue weighted by Crippen LogP contribution is -1.84. The van der Waals surface area contributed by atoms with Crippen molar-refractivity contribution >= 4 is 0 Å². The van der Waals surface area contributed by atoms with Crippen LogP contribution in [0.25, 0.3) is 0 Å². The minimum atomic E-state index is 0.318. The smallest absolute Gasteiger partial charge is 0.0431 e. The second kappa shape index (κ2) is 15.4. The zero-order chi connectivity index (χ0) is 18.2. The van der Waals surface area contributed by atoms with Gasteiger partial charge in [0.2, 0.25) is 0 Å². The van der Waals surface area contributed by atoms with Crippen LogP contribution in [0.3, 0.4) is 0 Å². The van der Waals surface area contributed by atoms with Gasteiger partial charge in [0.15, 0.2) is 0 Å². The van der Waals surface area contributed by atoms with Gasteiger partial charge in [0.05, 0.1) is 0 Å². The summed E-state index contributed by atoms with van der Waals surface area (Å²) in [5.74, 6) is 0. The maximum absolute atomic E-state index is 8.79. The highest BCUT2D eigenvalue weighted by atomic mass is 16.2. The minimum absolute atomic E-state index is 0.318. The van der Waals surface area contributed by atoms with E-state index in [0.717, 1.165) is 32.1 Å². The highest BCUT2D eigenvalue weighted by Crippen LogP contribution is 2.13. The van der Waals surface area contributed by atoms with E-state index in [1.165, 1.54) is 48.0 Å². The summed E-state index contributed by atoms with van der Waals surface area (Å²) in [6, 6.07) is 0. The van der Waals surface area contributed by atoms with Crippen LogP contribution in [0.5, 0.6) is 0 Å². The van der Waals surface area contributed by atoms with Crippen molar-refractivity contribution in [2.75, 3.05) is 6.61 Å². The minimum Gasteiger partial charge on any atom is -0.396 e. The number of aliphatic hydroxyl groups excluding tert-OH is 1. The first kappa shape index (κ1) is 22.9. The molecule has 0 aromatic carbocycles. The van der Waals surface area contributed by atoms with E-state index in [0.29, 0.717) is 6.61 Å². The molecule has 138 valence electrons. The van der Waals surface area contributed by atoms with Gasteiger partial charge in [-0.2, -0.15) is 0 Å². The molecule has 0 aliphatic heterocycles. The van der Waals surface area contributed by atoms with E-state index in [2.05, 4.69) is 58.9 Å². The first-order valence-corrected chi connectivity index (χ1v) is 9.66. The molecule has 0 spiro atoms. The van der Waals surface area contributed by atoms with Gasteiger partial charge in [-0.15, -0.1) is 0 Å². The molecule has 0 saturated heterocycles. The van der Waals surface area contributed by atoms with E-state index in [1.807, 2.05) is 0 Å². The van der Waals surface area contributed by atoms with Gasteiger partial charge >= 0.3 is 0 Å². The van der Waals surface area contributed by atoms with E-state index in [9.17, 15) is 0 Å². The Morgan fingerprint density at radius 1 is 0.583 bits per heavy atom. The molecule has 0 atom stereocenters. The second-order valence-corrected chi connectivity index (χ2v) is 7.27. The van der Waals surface area contributed by atoms with E-state index in [-0.39, 0.29) is 0 Å². The Morgan fingerprint density at radius 2 is 1.04 bits per heavy atom. The average molecular weight is 333 g/mol. The fraction of sp³-hybridized carbons (Fsp3) is 0.652. The highest BCUT2D eigenvalue weighted by Gasteiger charge is 1.93. The lowest BCUT2D eigenvalue weighted by atomic mass is 10.0. The molecule has 0 rings (SSSR count). The molecule has 1 nitrogen and oxygen atoms in total. The number of rotatable bonds is 13. The molecule has 0 aliphatic carbocycles. The maximum Gasteiger partial charge on any atom is 0.0431 e. The third-order valence-corrected chi connectivity index (χ3v) is 4.25. The molecular formula is C23H40O. The highest BCUT2D eigenvalue weighted by molar-refractivity contribution is 5.06. The van der Waals surface area contributed by atoms with E-state index < -0.39 is 0 Å². The fourth-order valence-electron chi connectivity index (χ4n) is 2.62. The molecule has 0 aromatic rings. The van der Waals surface area contributed by atoms with Gasteiger partial charge in [0, 0.05) is 6.61 Å². The molecule has 0 aliphatic rings. The van der Waals surface area contributed by atoms with Crippen LogP contribution < -0.4 is 0 Å². The van der Waals surface area contributed by atoms with Crippen LogP contribution in [-0.2, 0) is 0 Å². The van der Waals surface area contributed by atoms with Crippen LogP contribution in [-0.4, -0.2) is 11.7 Å². The Labute approximate surface area is 151 Å². The topological polar surface area (TPSA) is 20.2 Å². The maximum atomic E-state index is 8.79. The normalized spacial score (nSPS) is 13.3. The number of allylic oxidation sites excluding steroid dienone is 8.